The van der Waals surface area contributed by atoms with E-state index in [-0.39, 0.29) is 6.04 Å². The molecule has 0 saturated carbocycles. The van der Waals surface area contributed by atoms with Crippen molar-refractivity contribution in [2.24, 2.45) is 4.99 Å². The van der Waals surface area contributed by atoms with Crippen LogP contribution in [-0.4, -0.2) is 47.3 Å². The summed E-state index contributed by atoms with van der Waals surface area (Å²) in [4.78, 5) is 6.90. The Balaban J connectivity index is 1.32. The molecule has 0 bridgehead atoms. The van der Waals surface area contributed by atoms with Gasteiger partial charge in [0.15, 0.2) is 5.96 Å². The van der Waals surface area contributed by atoms with Crippen LogP contribution in [0.3, 0.4) is 0 Å². The maximum Gasteiger partial charge on any atom is 0.191 e. The number of nitrogens with zero attached hydrogens (tertiary/aromatic N) is 4. The van der Waals surface area contributed by atoms with Gasteiger partial charge in [0.1, 0.15) is 5.76 Å². The number of rotatable bonds is 7. The summed E-state index contributed by atoms with van der Waals surface area (Å²) >= 11 is 0. The van der Waals surface area contributed by atoms with Crippen molar-refractivity contribution in [1.29, 1.82) is 0 Å². The van der Waals surface area contributed by atoms with Crippen molar-refractivity contribution in [1.82, 2.24) is 25.3 Å². The number of nitrogens with one attached hydrogen (secondary N) is 2. The van der Waals surface area contributed by atoms with E-state index in [9.17, 15) is 0 Å². The van der Waals surface area contributed by atoms with Crippen molar-refractivity contribution in [2.45, 2.75) is 31.8 Å². The topological polar surface area (TPSA) is 70.6 Å². The molecular weight excluding hydrogens is 376 g/mol. The van der Waals surface area contributed by atoms with E-state index in [1.807, 2.05) is 23.0 Å². The van der Waals surface area contributed by atoms with Gasteiger partial charge in [0.2, 0.25) is 0 Å². The minimum atomic E-state index is 0.215. The number of aromatic nitrogens is 2. The van der Waals surface area contributed by atoms with Gasteiger partial charge in [-0.3, -0.25) is 9.89 Å². The average molecular weight is 407 g/mol. The van der Waals surface area contributed by atoms with E-state index >= 15 is 0 Å². The highest BCUT2D eigenvalue weighted by atomic mass is 16.3. The van der Waals surface area contributed by atoms with Gasteiger partial charge in [-0.25, -0.2) is 4.68 Å². The smallest absolute Gasteiger partial charge is 0.191 e. The van der Waals surface area contributed by atoms with E-state index < -0.39 is 0 Å². The molecule has 7 nitrogen and oxygen atoms in total. The Morgan fingerprint density at radius 3 is 2.60 bits per heavy atom. The molecule has 2 aromatic heterocycles. The standard InChI is InChI=1S/C23H30N6O/c1-24-23(25-17-19-8-10-20(11-9-19)29-15-6-12-27-29)26-18-21(22-7-5-16-30-22)28-13-3-2-4-14-28/h5-12,15-16,21H,2-4,13-14,17-18H2,1H3,(H2,24,25,26). The number of piperidine rings is 1. The number of hydrogen-bond donors (Lipinski definition) is 2. The van der Waals surface area contributed by atoms with E-state index in [4.69, 9.17) is 4.42 Å². The zero-order valence-corrected chi connectivity index (χ0v) is 17.5. The lowest BCUT2D eigenvalue weighted by Gasteiger charge is -2.33. The van der Waals surface area contributed by atoms with Crippen LogP contribution in [0.25, 0.3) is 5.69 Å². The molecule has 158 valence electrons. The predicted molar refractivity (Wildman–Crippen MR) is 119 cm³/mol. The first kappa shape index (κ1) is 20.2. The van der Waals surface area contributed by atoms with Gasteiger partial charge in [-0.2, -0.15) is 5.10 Å². The summed E-state index contributed by atoms with van der Waals surface area (Å²) in [6.45, 7) is 3.68. The fourth-order valence-corrected chi connectivity index (χ4v) is 3.91. The van der Waals surface area contributed by atoms with E-state index in [1.54, 1.807) is 19.5 Å². The third-order valence-electron chi connectivity index (χ3n) is 5.55. The van der Waals surface area contributed by atoms with Gasteiger partial charge in [0.05, 0.1) is 18.0 Å². The Morgan fingerprint density at radius 2 is 1.93 bits per heavy atom. The van der Waals surface area contributed by atoms with Gasteiger partial charge in [-0.15, -0.1) is 0 Å². The van der Waals surface area contributed by atoms with Crippen molar-refractivity contribution >= 4 is 5.96 Å². The largest absolute Gasteiger partial charge is 0.468 e. The van der Waals surface area contributed by atoms with Gasteiger partial charge in [-0.1, -0.05) is 18.6 Å². The van der Waals surface area contributed by atoms with Crippen LogP contribution in [0, 0.1) is 0 Å². The lowest BCUT2D eigenvalue weighted by Crippen LogP contribution is -2.44. The Kier molecular flexibility index (Phi) is 6.82. The molecule has 1 aromatic carbocycles. The van der Waals surface area contributed by atoms with Crippen LogP contribution < -0.4 is 10.6 Å². The summed E-state index contributed by atoms with van der Waals surface area (Å²) in [7, 11) is 1.80. The van der Waals surface area contributed by atoms with Crippen LogP contribution in [0.1, 0.15) is 36.6 Å². The number of likely N-dealkylation sites (tertiary alicyclic amines) is 1. The molecule has 1 unspecified atom stereocenters. The molecule has 0 radical (unpaired) electrons. The van der Waals surface area contributed by atoms with Crippen molar-refractivity contribution in [3.8, 4) is 5.69 Å². The average Bonchev–Trinajstić information content (AvgIpc) is 3.52. The monoisotopic (exact) mass is 406 g/mol. The molecule has 1 aliphatic rings. The number of aliphatic imine (C=N–C) groups is 1. The Labute approximate surface area is 177 Å². The van der Waals surface area contributed by atoms with Gasteiger partial charge in [0.25, 0.3) is 0 Å². The fourth-order valence-electron chi connectivity index (χ4n) is 3.91. The van der Waals surface area contributed by atoms with Crippen molar-refractivity contribution in [3.63, 3.8) is 0 Å². The maximum atomic E-state index is 5.74. The van der Waals surface area contributed by atoms with Crippen LogP contribution in [0.5, 0.6) is 0 Å². The second-order valence-electron chi connectivity index (χ2n) is 7.55. The molecule has 1 saturated heterocycles. The van der Waals surface area contributed by atoms with Crippen LogP contribution >= 0.6 is 0 Å². The third-order valence-corrected chi connectivity index (χ3v) is 5.55. The predicted octanol–water partition coefficient (Wildman–Crippen LogP) is 3.36. The SMILES string of the molecule is CN=C(NCc1ccc(-n2cccn2)cc1)NCC(c1ccco1)N1CCCCC1. The van der Waals surface area contributed by atoms with Crippen LogP contribution in [0.15, 0.2) is 70.5 Å². The molecule has 0 aliphatic carbocycles. The number of hydrogen-bond acceptors (Lipinski definition) is 4. The van der Waals surface area contributed by atoms with Gasteiger partial charge < -0.3 is 15.1 Å². The summed E-state index contributed by atoms with van der Waals surface area (Å²) in [6, 6.07) is 14.5. The summed E-state index contributed by atoms with van der Waals surface area (Å²) in [5.74, 6) is 1.80. The van der Waals surface area contributed by atoms with Crippen molar-refractivity contribution < 1.29 is 4.42 Å². The molecule has 4 rings (SSSR count). The second-order valence-corrected chi connectivity index (χ2v) is 7.55. The van der Waals surface area contributed by atoms with E-state index in [2.05, 4.69) is 56.0 Å². The zero-order chi connectivity index (χ0) is 20.6. The van der Waals surface area contributed by atoms with Crippen LogP contribution in [0.4, 0.5) is 0 Å². The highest BCUT2D eigenvalue weighted by Gasteiger charge is 2.24. The van der Waals surface area contributed by atoms with Crippen LogP contribution in [-0.2, 0) is 6.54 Å². The molecule has 7 heteroatoms. The second kappa shape index (κ2) is 10.1. The normalized spacial score (nSPS) is 16.4. The van der Waals surface area contributed by atoms with E-state index in [0.717, 1.165) is 37.0 Å². The Bertz CT molecular complexity index is 896. The summed E-state index contributed by atoms with van der Waals surface area (Å²) in [6.07, 6.45) is 9.29. The number of guanidine groups is 1. The van der Waals surface area contributed by atoms with Crippen molar-refractivity contribution in [3.05, 3.63) is 72.4 Å². The highest BCUT2D eigenvalue weighted by molar-refractivity contribution is 5.79. The Morgan fingerprint density at radius 1 is 1.10 bits per heavy atom. The quantitative estimate of drug-likeness (QED) is 0.465. The molecule has 0 amide bonds. The highest BCUT2D eigenvalue weighted by Crippen LogP contribution is 2.24. The minimum absolute atomic E-state index is 0.215. The first-order valence-electron chi connectivity index (χ1n) is 10.6. The zero-order valence-electron chi connectivity index (χ0n) is 17.5. The number of benzene rings is 1. The summed E-state index contributed by atoms with van der Waals surface area (Å²) in [5, 5.41) is 11.2. The molecule has 2 N–H and O–H groups in total. The van der Waals surface area contributed by atoms with E-state index in [1.165, 1.54) is 24.8 Å². The summed E-state index contributed by atoms with van der Waals surface area (Å²) < 4.78 is 7.59. The number of furan rings is 1. The molecule has 30 heavy (non-hydrogen) atoms. The van der Waals surface area contributed by atoms with E-state index in [0.29, 0.717) is 6.54 Å². The molecule has 0 spiro atoms. The van der Waals surface area contributed by atoms with Gasteiger partial charge in [0, 0.05) is 32.5 Å². The summed E-state index contributed by atoms with van der Waals surface area (Å²) in [5.41, 5.74) is 2.24. The molecule has 1 fully saturated rings. The lowest BCUT2D eigenvalue weighted by molar-refractivity contribution is 0.146. The minimum Gasteiger partial charge on any atom is -0.468 e. The first-order valence-corrected chi connectivity index (χ1v) is 10.6. The van der Waals surface area contributed by atoms with Crippen molar-refractivity contribution in [2.75, 3.05) is 26.7 Å². The molecule has 1 aliphatic heterocycles. The molecular formula is C23H30N6O. The fraction of sp³-hybridized carbons (Fsp3) is 0.391. The molecule has 3 heterocycles. The molecule has 1 atom stereocenters. The van der Waals surface area contributed by atoms with Gasteiger partial charge in [-0.05, 0) is 61.8 Å². The first-order chi connectivity index (χ1) is 14.8. The Hall–Kier alpha value is -3.06. The maximum absolute atomic E-state index is 5.74. The van der Waals surface area contributed by atoms with Crippen LogP contribution in [0.2, 0.25) is 0 Å². The van der Waals surface area contributed by atoms with Gasteiger partial charge >= 0.3 is 0 Å². The third kappa shape index (κ3) is 5.10. The molecule has 3 aromatic rings. The lowest BCUT2D eigenvalue weighted by atomic mass is 10.1.